The van der Waals surface area contributed by atoms with Crippen molar-refractivity contribution in [2.75, 3.05) is 31.1 Å². The topological polar surface area (TPSA) is 77.7 Å². The second kappa shape index (κ2) is 10.5. The highest BCUT2D eigenvalue weighted by Crippen LogP contribution is 2.23. The van der Waals surface area contributed by atoms with Crippen LogP contribution in [0.1, 0.15) is 42.3 Å². The van der Waals surface area contributed by atoms with E-state index >= 15 is 0 Å². The number of benzene rings is 1. The Morgan fingerprint density at radius 1 is 1.17 bits per heavy atom. The van der Waals surface area contributed by atoms with Crippen LogP contribution in [0.3, 0.4) is 0 Å². The lowest BCUT2D eigenvalue weighted by Crippen LogP contribution is -2.37. The van der Waals surface area contributed by atoms with Crippen LogP contribution in [0.4, 0.5) is 5.69 Å². The molecule has 2 heterocycles. The molecule has 0 bridgehead atoms. The molecular weight excluding hydrogens is 376 g/mol. The number of aliphatic hydroxyl groups excluding tert-OH is 1. The number of guanidine groups is 1. The summed E-state index contributed by atoms with van der Waals surface area (Å²) in [7, 11) is 1.98. The fraction of sp³-hybridized carbons (Fsp3) is 0.565. The van der Waals surface area contributed by atoms with E-state index in [9.17, 15) is 5.11 Å². The van der Waals surface area contributed by atoms with E-state index < -0.39 is 0 Å². The van der Waals surface area contributed by atoms with Crippen LogP contribution in [0.15, 0.2) is 29.3 Å². The fourth-order valence-corrected chi connectivity index (χ4v) is 3.94. The summed E-state index contributed by atoms with van der Waals surface area (Å²) in [6.45, 7) is 10.7. The Morgan fingerprint density at radius 2 is 1.87 bits per heavy atom. The smallest absolute Gasteiger partial charge is 0.191 e. The molecule has 1 aromatic heterocycles. The maximum atomic E-state index is 9.31. The van der Waals surface area contributed by atoms with Gasteiger partial charge in [-0.2, -0.15) is 5.10 Å². The lowest BCUT2D eigenvalue weighted by molar-refractivity contribution is 0.203. The lowest BCUT2D eigenvalue weighted by Gasteiger charge is -2.32. The molecule has 30 heavy (non-hydrogen) atoms. The Kier molecular flexibility index (Phi) is 7.74. The number of aliphatic hydroxyl groups is 1. The maximum Gasteiger partial charge on any atom is 0.191 e. The zero-order chi connectivity index (χ0) is 21.5. The highest BCUT2D eigenvalue weighted by atomic mass is 16.3. The van der Waals surface area contributed by atoms with Gasteiger partial charge in [0, 0.05) is 56.8 Å². The summed E-state index contributed by atoms with van der Waals surface area (Å²) in [5.74, 6) is 1.28. The second-order valence-electron chi connectivity index (χ2n) is 8.10. The zero-order valence-corrected chi connectivity index (χ0v) is 18.8. The Morgan fingerprint density at radius 3 is 2.43 bits per heavy atom. The second-order valence-corrected chi connectivity index (χ2v) is 8.10. The summed E-state index contributed by atoms with van der Waals surface area (Å²) in [6.07, 6.45) is 2.13. The molecule has 0 atom stereocenters. The highest BCUT2D eigenvalue weighted by Gasteiger charge is 2.18. The number of hydrogen-bond acceptors (Lipinski definition) is 4. The molecule has 1 aromatic carbocycles. The average Bonchev–Trinajstić information content (AvgIpc) is 3.01. The predicted octanol–water partition coefficient (Wildman–Crippen LogP) is 2.50. The number of hydrogen-bond donors (Lipinski definition) is 3. The molecular formula is C23H36N6O. The Hall–Kier alpha value is -2.54. The molecule has 1 aliphatic rings. The highest BCUT2D eigenvalue weighted by molar-refractivity contribution is 5.79. The first-order valence-corrected chi connectivity index (χ1v) is 11.0. The van der Waals surface area contributed by atoms with Crippen LogP contribution >= 0.6 is 0 Å². The number of aliphatic imine (C=N–C) groups is 1. The number of aromatic nitrogens is 2. The molecule has 7 nitrogen and oxygen atoms in total. The van der Waals surface area contributed by atoms with Gasteiger partial charge in [-0.3, -0.25) is 4.68 Å². The van der Waals surface area contributed by atoms with Crippen LogP contribution in [0.2, 0.25) is 0 Å². The van der Waals surface area contributed by atoms with Crippen molar-refractivity contribution in [1.29, 1.82) is 0 Å². The van der Waals surface area contributed by atoms with Gasteiger partial charge < -0.3 is 20.6 Å². The molecule has 0 saturated carbocycles. The summed E-state index contributed by atoms with van der Waals surface area (Å²) in [5, 5.41) is 20.6. The first-order valence-electron chi connectivity index (χ1n) is 11.0. The molecule has 2 aromatic rings. The number of aryl methyl sites for hydroxylation is 2. The molecule has 3 rings (SSSR count). The fourth-order valence-electron chi connectivity index (χ4n) is 3.94. The largest absolute Gasteiger partial charge is 0.396 e. The molecule has 1 saturated heterocycles. The first-order chi connectivity index (χ1) is 14.5. The van der Waals surface area contributed by atoms with E-state index in [1.54, 1.807) is 0 Å². The monoisotopic (exact) mass is 412 g/mol. The number of rotatable bonds is 7. The standard InChI is InChI=1S/C23H36N6O/c1-5-24-23(26-15-22-17(2)27-28(4)18(22)3)25-14-19-6-8-21(9-7-19)29-12-10-20(16-30)11-13-29/h6-9,20,30H,5,10-16H2,1-4H3,(H2,24,25,26). The summed E-state index contributed by atoms with van der Waals surface area (Å²) in [6, 6.07) is 8.70. The minimum atomic E-state index is 0.312. The van der Waals surface area contributed by atoms with Crippen molar-refractivity contribution < 1.29 is 5.11 Å². The van der Waals surface area contributed by atoms with Gasteiger partial charge >= 0.3 is 0 Å². The van der Waals surface area contributed by atoms with Crippen LogP contribution < -0.4 is 15.5 Å². The van der Waals surface area contributed by atoms with Crippen molar-refractivity contribution in [2.24, 2.45) is 18.0 Å². The summed E-state index contributed by atoms with van der Waals surface area (Å²) < 4.78 is 1.92. The minimum Gasteiger partial charge on any atom is -0.396 e. The number of anilines is 1. The van der Waals surface area contributed by atoms with Gasteiger partial charge in [-0.25, -0.2) is 4.99 Å². The van der Waals surface area contributed by atoms with E-state index in [-0.39, 0.29) is 0 Å². The van der Waals surface area contributed by atoms with Crippen LogP contribution in [-0.4, -0.2) is 47.1 Å². The zero-order valence-electron chi connectivity index (χ0n) is 18.8. The summed E-state index contributed by atoms with van der Waals surface area (Å²) in [5.41, 5.74) is 5.89. The van der Waals surface area contributed by atoms with Gasteiger partial charge in [0.25, 0.3) is 0 Å². The Labute approximate surface area is 180 Å². The van der Waals surface area contributed by atoms with E-state index in [4.69, 9.17) is 4.99 Å². The van der Waals surface area contributed by atoms with E-state index in [2.05, 4.69) is 58.7 Å². The maximum absolute atomic E-state index is 9.31. The molecule has 1 fully saturated rings. The van der Waals surface area contributed by atoms with E-state index in [1.165, 1.54) is 22.5 Å². The molecule has 0 amide bonds. The van der Waals surface area contributed by atoms with Gasteiger partial charge in [-0.05, 0) is 57.2 Å². The molecule has 0 spiro atoms. The van der Waals surface area contributed by atoms with Gasteiger partial charge in [0.05, 0.1) is 12.2 Å². The molecule has 7 heteroatoms. The molecule has 0 radical (unpaired) electrons. The van der Waals surface area contributed by atoms with Crippen molar-refractivity contribution in [3.8, 4) is 0 Å². The van der Waals surface area contributed by atoms with Crippen molar-refractivity contribution in [1.82, 2.24) is 20.4 Å². The van der Waals surface area contributed by atoms with Crippen LogP contribution in [0, 0.1) is 19.8 Å². The number of piperidine rings is 1. The van der Waals surface area contributed by atoms with Gasteiger partial charge in [0.2, 0.25) is 0 Å². The van der Waals surface area contributed by atoms with Crippen LogP contribution in [-0.2, 0) is 20.1 Å². The lowest BCUT2D eigenvalue weighted by atomic mass is 9.97. The van der Waals surface area contributed by atoms with E-state index in [0.717, 1.165) is 44.1 Å². The van der Waals surface area contributed by atoms with Crippen LogP contribution in [0.5, 0.6) is 0 Å². The Bertz CT molecular complexity index is 834. The predicted molar refractivity (Wildman–Crippen MR) is 123 cm³/mol. The first kappa shape index (κ1) is 22.2. The average molecular weight is 413 g/mol. The van der Waals surface area contributed by atoms with Crippen molar-refractivity contribution in [3.05, 3.63) is 46.8 Å². The minimum absolute atomic E-state index is 0.312. The molecule has 164 valence electrons. The van der Waals surface area contributed by atoms with Gasteiger partial charge in [-0.1, -0.05) is 12.1 Å². The van der Waals surface area contributed by atoms with Crippen molar-refractivity contribution >= 4 is 11.6 Å². The SMILES string of the molecule is CCNC(=NCc1ccc(N2CCC(CO)CC2)cc1)NCc1c(C)nn(C)c1C. The summed E-state index contributed by atoms with van der Waals surface area (Å²) in [4.78, 5) is 7.16. The molecule has 1 aliphatic heterocycles. The van der Waals surface area contributed by atoms with E-state index in [0.29, 0.717) is 25.6 Å². The van der Waals surface area contributed by atoms with E-state index in [1.807, 2.05) is 18.7 Å². The van der Waals surface area contributed by atoms with Gasteiger partial charge in [-0.15, -0.1) is 0 Å². The van der Waals surface area contributed by atoms with Crippen molar-refractivity contribution in [2.45, 2.75) is 46.7 Å². The van der Waals surface area contributed by atoms with Crippen molar-refractivity contribution in [3.63, 3.8) is 0 Å². The quantitative estimate of drug-likeness (QED) is 0.481. The molecule has 0 unspecified atom stereocenters. The third-order valence-electron chi connectivity index (χ3n) is 6.03. The van der Waals surface area contributed by atoms with Gasteiger partial charge in [0.1, 0.15) is 0 Å². The normalized spacial score (nSPS) is 15.5. The Balaban J connectivity index is 1.57. The number of nitrogens with one attached hydrogen (secondary N) is 2. The van der Waals surface area contributed by atoms with Gasteiger partial charge in [0.15, 0.2) is 5.96 Å². The molecule has 0 aliphatic carbocycles. The third-order valence-corrected chi connectivity index (χ3v) is 6.03. The molecule has 3 N–H and O–H groups in total. The third kappa shape index (κ3) is 5.53. The number of nitrogens with zero attached hydrogens (tertiary/aromatic N) is 4. The van der Waals surface area contributed by atoms with Crippen LogP contribution in [0.25, 0.3) is 0 Å². The summed E-state index contributed by atoms with van der Waals surface area (Å²) >= 11 is 0.